The molecule has 0 atom stereocenters. The first-order valence-corrected chi connectivity index (χ1v) is 15.0. The zero-order chi connectivity index (χ0) is 27.4. The Morgan fingerprint density at radius 3 is 2.58 bits per heavy atom. The quantitative estimate of drug-likeness (QED) is 0.318. The second kappa shape index (κ2) is 12.2. The minimum absolute atomic E-state index is 0.0757. The number of aromatic nitrogens is 3. The number of fused-ring (bicyclic) bond motifs is 1. The van der Waals surface area contributed by atoms with E-state index in [1.807, 2.05) is 13.8 Å². The lowest BCUT2D eigenvalue weighted by Gasteiger charge is -2.26. The van der Waals surface area contributed by atoms with Crippen molar-refractivity contribution in [2.24, 2.45) is 7.05 Å². The maximum absolute atomic E-state index is 13.2. The zero-order valence-corrected chi connectivity index (χ0v) is 24.3. The molecule has 2 N–H and O–H groups in total. The van der Waals surface area contributed by atoms with Crippen molar-refractivity contribution in [3.63, 3.8) is 0 Å². The van der Waals surface area contributed by atoms with Crippen molar-refractivity contribution in [2.45, 2.75) is 38.1 Å². The predicted molar refractivity (Wildman–Crippen MR) is 149 cm³/mol. The summed E-state index contributed by atoms with van der Waals surface area (Å²) in [5.74, 6) is 0.451. The van der Waals surface area contributed by atoms with E-state index in [-0.39, 0.29) is 10.4 Å². The van der Waals surface area contributed by atoms with Gasteiger partial charge in [0.2, 0.25) is 10.0 Å². The van der Waals surface area contributed by atoms with Gasteiger partial charge in [-0.15, -0.1) is 0 Å². The van der Waals surface area contributed by atoms with Crippen molar-refractivity contribution in [1.29, 1.82) is 0 Å². The lowest BCUT2D eigenvalue weighted by atomic mass is 10.1. The molecule has 1 fully saturated rings. The highest BCUT2D eigenvalue weighted by molar-refractivity contribution is 9.10. The van der Waals surface area contributed by atoms with Gasteiger partial charge in [0.1, 0.15) is 11.3 Å². The molecular formula is C25H34BrN5O6S. The van der Waals surface area contributed by atoms with Gasteiger partial charge in [0.05, 0.1) is 40.4 Å². The maximum atomic E-state index is 13.2. The van der Waals surface area contributed by atoms with Crippen molar-refractivity contribution < 1.29 is 17.9 Å². The highest BCUT2D eigenvalue weighted by Crippen LogP contribution is 2.39. The standard InChI is InChI=1S/C25H34BrN5O6S/c1-4-10-31-23-20(26)21(28-22(23)24(32)29(3)25(31)33)18-16-17(7-8-19(18)37-5-2)38(34,35)27-9-6-11-30-12-14-36-15-13-30/h7-8,16,27-28H,4-6,9-15H2,1-3H3. The summed E-state index contributed by atoms with van der Waals surface area (Å²) in [6.45, 7) is 8.75. The van der Waals surface area contributed by atoms with Gasteiger partial charge in [-0.05, 0) is 60.4 Å². The number of hydrogen-bond acceptors (Lipinski definition) is 7. The van der Waals surface area contributed by atoms with Crippen LogP contribution in [0, 0.1) is 0 Å². The maximum Gasteiger partial charge on any atom is 0.331 e. The fourth-order valence-electron chi connectivity index (χ4n) is 4.59. The molecule has 0 saturated carbocycles. The van der Waals surface area contributed by atoms with Crippen LogP contribution in [-0.2, 0) is 28.4 Å². The van der Waals surface area contributed by atoms with Crippen molar-refractivity contribution in [3.05, 3.63) is 43.5 Å². The number of H-pyrrole nitrogens is 1. The number of sulfonamides is 1. The molecule has 1 aliphatic heterocycles. The van der Waals surface area contributed by atoms with Crippen molar-refractivity contribution in [1.82, 2.24) is 23.7 Å². The van der Waals surface area contributed by atoms with Crippen LogP contribution in [0.25, 0.3) is 22.3 Å². The monoisotopic (exact) mass is 611 g/mol. The van der Waals surface area contributed by atoms with E-state index in [2.05, 4.69) is 30.5 Å². The van der Waals surface area contributed by atoms with E-state index >= 15 is 0 Å². The molecule has 38 heavy (non-hydrogen) atoms. The Hall–Kier alpha value is -2.45. The fourth-order valence-corrected chi connectivity index (χ4v) is 6.42. The number of morpholine rings is 1. The second-order valence-electron chi connectivity index (χ2n) is 9.13. The molecule has 2 aromatic heterocycles. The Kier molecular flexibility index (Phi) is 9.14. The van der Waals surface area contributed by atoms with E-state index in [1.54, 1.807) is 6.07 Å². The normalized spacial score (nSPS) is 14.8. The number of aromatic amines is 1. The Balaban J connectivity index is 1.70. The minimum Gasteiger partial charge on any atom is -0.493 e. The lowest BCUT2D eigenvalue weighted by molar-refractivity contribution is 0.0376. The highest BCUT2D eigenvalue weighted by atomic mass is 79.9. The van der Waals surface area contributed by atoms with Gasteiger partial charge in [-0.1, -0.05) is 6.92 Å². The molecule has 3 heterocycles. The molecule has 11 nitrogen and oxygen atoms in total. The number of nitrogens with zero attached hydrogens (tertiary/aromatic N) is 3. The third-order valence-corrected chi connectivity index (χ3v) is 8.78. The van der Waals surface area contributed by atoms with E-state index in [4.69, 9.17) is 9.47 Å². The van der Waals surface area contributed by atoms with Crippen LogP contribution in [0.1, 0.15) is 26.7 Å². The molecule has 208 valence electrons. The molecule has 0 amide bonds. The van der Waals surface area contributed by atoms with E-state index in [9.17, 15) is 18.0 Å². The summed E-state index contributed by atoms with van der Waals surface area (Å²) in [5.41, 5.74) is 0.724. The summed E-state index contributed by atoms with van der Waals surface area (Å²) in [7, 11) is -2.37. The number of hydrogen-bond donors (Lipinski definition) is 2. The van der Waals surface area contributed by atoms with E-state index < -0.39 is 21.3 Å². The predicted octanol–water partition coefficient (Wildman–Crippen LogP) is 2.27. The Morgan fingerprint density at radius 1 is 1.16 bits per heavy atom. The first-order chi connectivity index (χ1) is 18.2. The molecule has 0 spiro atoms. The molecular weight excluding hydrogens is 578 g/mol. The van der Waals surface area contributed by atoms with Crippen LogP contribution in [-0.4, -0.2) is 73.4 Å². The van der Waals surface area contributed by atoms with Crippen LogP contribution >= 0.6 is 15.9 Å². The average molecular weight is 613 g/mol. The third kappa shape index (κ3) is 5.76. The molecule has 1 aliphatic rings. The smallest absolute Gasteiger partial charge is 0.331 e. The number of aryl methyl sites for hydroxylation is 1. The van der Waals surface area contributed by atoms with Gasteiger partial charge >= 0.3 is 5.69 Å². The van der Waals surface area contributed by atoms with Gasteiger partial charge in [-0.2, -0.15) is 0 Å². The Bertz CT molecular complexity index is 1520. The van der Waals surface area contributed by atoms with Crippen LogP contribution in [0.15, 0.2) is 37.2 Å². The van der Waals surface area contributed by atoms with Gasteiger partial charge in [0.25, 0.3) is 5.56 Å². The number of nitrogens with one attached hydrogen (secondary N) is 2. The number of rotatable bonds is 11. The molecule has 0 radical (unpaired) electrons. The van der Waals surface area contributed by atoms with Crippen LogP contribution in [0.4, 0.5) is 0 Å². The van der Waals surface area contributed by atoms with Crippen molar-refractivity contribution >= 4 is 37.0 Å². The van der Waals surface area contributed by atoms with Crippen LogP contribution in [0.5, 0.6) is 5.75 Å². The molecule has 13 heteroatoms. The topological polar surface area (TPSA) is 128 Å². The second-order valence-corrected chi connectivity index (χ2v) is 11.7. The van der Waals surface area contributed by atoms with Crippen molar-refractivity contribution in [2.75, 3.05) is 46.0 Å². The molecule has 0 aliphatic carbocycles. The summed E-state index contributed by atoms with van der Waals surface area (Å²) >= 11 is 3.58. The van der Waals surface area contributed by atoms with E-state index in [1.165, 1.54) is 23.7 Å². The average Bonchev–Trinajstić information content (AvgIpc) is 3.25. The number of benzene rings is 1. The minimum atomic E-state index is -3.81. The summed E-state index contributed by atoms with van der Waals surface area (Å²) in [6.07, 6.45) is 1.37. The molecule has 1 aromatic carbocycles. The lowest BCUT2D eigenvalue weighted by Crippen LogP contribution is -2.38. The summed E-state index contributed by atoms with van der Waals surface area (Å²) in [5, 5.41) is 0. The highest BCUT2D eigenvalue weighted by Gasteiger charge is 2.24. The van der Waals surface area contributed by atoms with E-state index in [0.29, 0.717) is 72.7 Å². The van der Waals surface area contributed by atoms with Crippen LogP contribution in [0.3, 0.4) is 0 Å². The summed E-state index contributed by atoms with van der Waals surface area (Å²) in [6, 6.07) is 4.63. The van der Waals surface area contributed by atoms with Gasteiger partial charge in [0.15, 0.2) is 0 Å². The Labute approximate surface area is 229 Å². The first-order valence-electron chi connectivity index (χ1n) is 12.8. The molecule has 0 unspecified atom stereocenters. The van der Waals surface area contributed by atoms with Gasteiger partial charge < -0.3 is 14.5 Å². The van der Waals surface area contributed by atoms with Gasteiger partial charge in [-0.3, -0.25) is 18.8 Å². The molecule has 3 aromatic rings. The number of halogens is 1. The van der Waals surface area contributed by atoms with Gasteiger partial charge in [-0.25, -0.2) is 17.9 Å². The Morgan fingerprint density at radius 2 is 1.89 bits per heavy atom. The van der Waals surface area contributed by atoms with Crippen LogP contribution < -0.4 is 20.7 Å². The largest absolute Gasteiger partial charge is 0.493 e. The first kappa shape index (κ1) is 28.6. The van der Waals surface area contributed by atoms with Crippen molar-refractivity contribution in [3.8, 4) is 17.0 Å². The fraction of sp³-hybridized carbons (Fsp3) is 0.520. The molecule has 0 bridgehead atoms. The third-order valence-electron chi connectivity index (χ3n) is 6.55. The van der Waals surface area contributed by atoms with Crippen LogP contribution in [0.2, 0.25) is 0 Å². The molecule has 1 saturated heterocycles. The summed E-state index contributed by atoms with van der Waals surface area (Å²) < 4.78 is 43.3. The summed E-state index contributed by atoms with van der Waals surface area (Å²) in [4.78, 5) is 31.3. The molecule has 4 rings (SSSR count). The number of ether oxygens (including phenoxy) is 2. The SMILES string of the molecule is CCCn1c(=O)n(C)c(=O)c2[nH]c(-c3cc(S(=O)(=O)NCCCN4CCOCC4)ccc3OCC)c(Br)c21. The zero-order valence-electron chi connectivity index (χ0n) is 21.9. The van der Waals surface area contributed by atoms with E-state index in [0.717, 1.165) is 24.2 Å². The van der Waals surface area contributed by atoms with Gasteiger partial charge in [0, 0.05) is 38.8 Å².